The Morgan fingerprint density at radius 1 is 1.38 bits per heavy atom. The maximum absolute atomic E-state index is 11.0. The highest BCUT2D eigenvalue weighted by atomic mass is 127. The van der Waals surface area contributed by atoms with Crippen LogP contribution in [0.25, 0.3) is 5.69 Å². The van der Waals surface area contributed by atoms with Gasteiger partial charge >= 0.3 is 5.97 Å². The Bertz CT molecular complexity index is 551. The number of aromatic carboxylic acids is 1. The number of benzene rings is 1. The predicted molar refractivity (Wildman–Crippen MR) is 70.5 cm³/mol. The van der Waals surface area contributed by atoms with Gasteiger partial charge in [-0.05, 0) is 52.9 Å². The van der Waals surface area contributed by atoms with Gasteiger partial charge in [0.05, 0.1) is 10.7 Å². The molecule has 2 rings (SSSR count). The van der Waals surface area contributed by atoms with Crippen LogP contribution in [0.1, 0.15) is 10.5 Å². The molecular formula is C11H7ClINO2. The third kappa shape index (κ3) is 2.08. The monoisotopic (exact) mass is 347 g/mol. The number of hydrogen-bond acceptors (Lipinski definition) is 1. The molecule has 16 heavy (non-hydrogen) atoms. The Labute approximate surface area is 111 Å². The van der Waals surface area contributed by atoms with Crippen LogP contribution in [0.2, 0.25) is 5.02 Å². The quantitative estimate of drug-likeness (QED) is 0.846. The lowest BCUT2D eigenvalue weighted by Crippen LogP contribution is -2.06. The van der Waals surface area contributed by atoms with Gasteiger partial charge in [-0.2, -0.15) is 0 Å². The molecule has 1 aromatic carbocycles. The highest BCUT2D eigenvalue weighted by Gasteiger charge is 2.12. The molecule has 0 fully saturated rings. The molecule has 0 saturated carbocycles. The number of carboxylic acids is 1. The molecule has 0 bridgehead atoms. The molecule has 0 saturated heterocycles. The molecule has 1 aromatic heterocycles. The van der Waals surface area contributed by atoms with E-state index in [4.69, 9.17) is 16.7 Å². The summed E-state index contributed by atoms with van der Waals surface area (Å²) < 4.78 is 2.57. The van der Waals surface area contributed by atoms with Gasteiger partial charge in [0, 0.05) is 9.77 Å². The van der Waals surface area contributed by atoms with Crippen LogP contribution in [0.4, 0.5) is 0 Å². The number of nitrogens with zero attached hydrogens (tertiary/aromatic N) is 1. The van der Waals surface area contributed by atoms with Gasteiger partial charge in [0.15, 0.2) is 0 Å². The van der Waals surface area contributed by atoms with Gasteiger partial charge in [-0.1, -0.05) is 11.6 Å². The van der Waals surface area contributed by atoms with Crippen LogP contribution in [0.5, 0.6) is 0 Å². The number of aromatic nitrogens is 1. The minimum absolute atomic E-state index is 0.197. The second-order valence-corrected chi connectivity index (χ2v) is 4.82. The van der Waals surface area contributed by atoms with Crippen LogP contribution in [0.15, 0.2) is 36.5 Å². The van der Waals surface area contributed by atoms with E-state index in [0.717, 1.165) is 3.57 Å². The molecule has 3 nitrogen and oxygen atoms in total. The Hall–Kier alpha value is -1.01. The third-order valence-corrected chi connectivity index (χ3v) is 3.11. The normalized spacial score (nSPS) is 10.4. The van der Waals surface area contributed by atoms with Crippen LogP contribution in [0.3, 0.4) is 0 Å². The minimum Gasteiger partial charge on any atom is -0.477 e. The van der Waals surface area contributed by atoms with Crippen molar-refractivity contribution in [1.29, 1.82) is 0 Å². The van der Waals surface area contributed by atoms with E-state index in [1.165, 1.54) is 6.07 Å². The summed E-state index contributed by atoms with van der Waals surface area (Å²) in [5.41, 5.74) is 0.868. The standard InChI is InChI=1S/C11H7ClINO2/c12-8-6-7(13)3-4-9(8)14-5-1-2-10(14)11(15)16/h1-6H,(H,15,16). The zero-order valence-corrected chi connectivity index (χ0v) is 10.9. The zero-order chi connectivity index (χ0) is 11.7. The van der Waals surface area contributed by atoms with E-state index in [9.17, 15) is 4.79 Å². The summed E-state index contributed by atoms with van der Waals surface area (Å²) >= 11 is 8.23. The third-order valence-electron chi connectivity index (χ3n) is 2.14. The summed E-state index contributed by atoms with van der Waals surface area (Å²) in [5.74, 6) is -0.973. The molecule has 1 heterocycles. The fourth-order valence-corrected chi connectivity index (χ4v) is 2.39. The van der Waals surface area contributed by atoms with Gasteiger partial charge < -0.3 is 9.67 Å². The lowest BCUT2D eigenvalue weighted by Gasteiger charge is -2.08. The number of halogens is 2. The highest BCUT2D eigenvalue weighted by Crippen LogP contribution is 2.24. The van der Waals surface area contributed by atoms with Gasteiger partial charge in [0.2, 0.25) is 0 Å². The fourth-order valence-electron chi connectivity index (χ4n) is 1.44. The van der Waals surface area contributed by atoms with E-state index in [0.29, 0.717) is 10.7 Å². The molecule has 5 heteroatoms. The Morgan fingerprint density at radius 2 is 2.12 bits per heavy atom. The molecule has 0 atom stereocenters. The van der Waals surface area contributed by atoms with Gasteiger partial charge in [-0.3, -0.25) is 0 Å². The van der Waals surface area contributed by atoms with Gasteiger partial charge in [-0.25, -0.2) is 4.79 Å². The van der Waals surface area contributed by atoms with Crippen molar-refractivity contribution in [3.05, 3.63) is 50.8 Å². The molecule has 2 aromatic rings. The van der Waals surface area contributed by atoms with Crippen molar-refractivity contribution >= 4 is 40.2 Å². The van der Waals surface area contributed by atoms with Crippen molar-refractivity contribution < 1.29 is 9.90 Å². The molecule has 0 radical (unpaired) electrons. The molecule has 0 spiro atoms. The number of carboxylic acid groups (broad SMARTS) is 1. The van der Waals surface area contributed by atoms with Gasteiger partial charge in [0.1, 0.15) is 5.69 Å². The molecular weight excluding hydrogens is 340 g/mol. The van der Waals surface area contributed by atoms with Crippen LogP contribution in [-0.2, 0) is 0 Å². The second kappa shape index (κ2) is 4.47. The summed E-state index contributed by atoms with van der Waals surface area (Å²) in [7, 11) is 0. The summed E-state index contributed by atoms with van der Waals surface area (Å²) in [6, 6.07) is 8.70. The van der Waals surface area contributed by atoms with Crippen molar-refractivity contribution in [1.82, 2.24) is 4.57 Å². The van der Waals surface area contributed by atoms with Crippen molar-refractivity contribution in [3.8, 4) is 5.69 Å². The van der Waals surface area contributed by atoms with Crippen LogP contribution < -0.4 is 0 Å². The van der Waals surface area contributed by atoms with Crippen LogP contribution in [0, 0.1) is 3.57 Å². The van der Waals surface area contributed by atoms with E-state index in [1.807, 2.05) is 6.07 Å². The SMILES string of the molecule is O=C(O)c1cccn1-c1ccc(I)cc1Cl. The van der Waals surface area contributed by atoms with Crippen molar-refractivity contribution in [2.24, 2.45) is 0 Å². The first-order chi connectivity index (χ1) is 7.59. The second-order valence-electron chi connectivity index (χ2n) is 3.16. The summed E-state index contributed by atoms with van der Waals surface area (Å²) in [6.45, 7) is 0. The minimum atomic E-state index is -0.973. The molecule has 0 aliphatic carbocycles. The zero-order valence-electron chi connectivity index (χ0n) is 8.02. The molecule has 0 aliphatic rings. The first-order valence-corrected chi connectivity index (χ1v) is 5.91. The number of carbonyl (C=O) groups is 1. The van der Waals surface area contributed by atoms with E-state index in [2.05, 4.69) is 22.6 Å². The maximum Gasteiger partial charge on any atom is 0.352 e. The lowest BCUT2D eigenvalue weighted by atomic mass is 10.3. The van der Waals surface area contributed by atoms with Crippen molar-refractivity contribution in [2.75, 3.05) is 0 Å². The average molecular weight is 348 g/mol. The van der Waals surface area contributed by atoms with Gasteiger partial charge in [0.25, 0.3) is 0 Å². The molecule has 1 N–H and O–H groups in total. The smallest absolute Gasteiger partial charge is 0.352 e. The van der Waals surface area contributed by atoms with Crippen molar-refractivity contribution in [2.45, 2.75) is 0 Å². The molecule has 0 aliphatic heterocycles. The molecule has 0 amide bonds. The first-order valence-electron chi connectivity index (χ1n) is 4.45. The Kier molecular flexibility index (Phi) is 3.20. The van der Waals surface area contributed by atoms with E-state index in [-0.39, 0.29) is 5.69 Å². The van der Waals surface area contributed by atoms with Crippen LogP contribution >= 0.6 is 34.2 Å². The van der Waals surface area contributed by atoms with Gasteiger partial charge in [-0.15, -0.1) is 0 Å². The molecule has 82 valence electrons. The number of rotatable bonds is 2. The van der Waals surface area contributed by atoms with Crippen LogP contribution in [-0.4, -0.2) is 15.6 Å². The Balaban J connectivity index is 2.59. The number of hydrogen-bond donors (Lipinski definition) is 1. The fraction of sp³-hybridized carbons (Fsp3) is 0. The summed E-state index contributed by atoms with van der Waals surface area (Å²) in [5, 5.41) is 9.53. The highest BCUT2D eigenvalue weighted by molar-refractivity contribution is 14.1. The topological polar surface area (TPSA) is 42.2 Å². The van der Waals surface area contributed by atoms with E-state index < -0.39 is 5.97 Å². The summed E-state index contributed by atoms with van der Waals surface area (Å²) in [6.07, 6.45) is 1.68. The van der Waals surface area contributed by atoms with Crippen molar-refractivity contribution in [3.63, 3.8) is 0 Å². The predicted octanol–water partition coefficient (Wildman–Crippen LogP) is 3.43. The van der Waals surface area contributed by atoms with E-state index >= 15 is 0 Å². The maximum atomic E-state index is 11.0. The lowest BCUT2D eigenvalue weighted by molar-refractivity contribution is 0.0688. The first kappa shape index (κ1) is 11.5. The summed E-state index contributed by atoms with van der Waals surface area (Å²) in [4.78, 5) is 11.0. The largest absolute Gasteiger partial charge is 0.477 e. The van der Waals surface area contributed by atoms with E-state index in [1.54, 1.807) is 29.0 Å². The molecule has 0 unspecified atom stereocenters. The Morgan fingerprint density at radius 3 is 2.75 bits per heavy atom. The average Bonchev–Trinajstić information content (AvgIpc) is 2.66.